The Labute approximate surface area is 195 Å². The van der Waals surface area contributed by atoms with Crippen LogP contribution in [0.15, 0.2) is 60.8 Å². The number of carbonyl (C=O) groups excluding carboxylic acids is 1. The lowest BCUT2D eigenvalue weighted by atomic mass is 10.2. The van der Waals surface area contributed by atoms with E-state index in [-0.39, 0.29) is 5.91 Å². The van der Waals surface area contributed by atoms with E-state index in [9.17, 15) is 9.59 Å². The van der Waals surface area contributed by atoms with Crippen molar-refractivity contribution in [1.29, 1.82) is 0 Å². The quantitative estimate of drug-likeness (QED) is 0.385. The number of carbonyl (C=O) groups is 2. The molecule has 0 bridgehead atoms. The number of hydrogen-bond acceptors (Lipinski definition) is 5. The lowest BCUT2D eigenvalue weighted by molar-refractivity contribution is -0.139. The zero-order valence-electron chi connectivity index (χ0n) is 17.1. The lowest BCUT2D eigenvalue weighted by Crippen LogP contribution is -2.35. The molecule has 1 heterocycles. The standard InChI is InChI=1S/C23H21Cl2N3O4/c1-2-20(23(30)31)26-12-14-3-7-17(8-4-14)32-21-10-6-16(13-27-21)28-22(29)15-5-9-18(24)19(25)11-15/h3-11,13,20,26H,2,12H2,1H3,(H,28,29)(H,30,31). The number of aromatic nitrogens is 1. The minimum Gasteiger partial charge on any atom is -0.480 e. The van der Waals surface area contributed by atoms with Crippen LogP contribution in [0.1, 0.15) is 29.3 Å². The number of rotatable bonds is 9. The lowest BCUT2D eigenvalue weighted by Gasteiger charge is -2.12. The molecule has 1 atom stereocenters. The summed E-state index contributed by atoms with van der Waals surface area (Å²) >= 11 is 11.8. The Kier molecular flexibility index (Phi) is 8.05. The zero-order chi connectivity index (χ0) is 23.1. The monoisotopic (exact) mass is 473 g/mol. The zero-order valence-corrected chi connectivity index (χ0v) is 18.7. The first-order valence-electron chi connectivity index (χ1n) is 9.81. The highest BCUT2D eigenvalue weighted by Crippen LogP contribution is 2.24. The Balaban J connectivity index is 1.55. The van der Waals surface area contributed by atoms with Crippen molar-refractivity contribution < 1.29 is 19.4 Å². The second kappa shape index (κ2) is 10.9. The second-order valence-corrected chi connectivity index (χ2v) is 7.71. The molecule has 3 aromatic rings. The molecule has 1 unspecified atom stereocenters. The van der Waals surface area contributed by atoms with E-state index in [0.717, 1.165) is 5.56 Å². The number of carboxylic acids is 1. The van der Waals surface area contributed by atoms with Crippen molar-refractivity contribution in [1.82, 2.24) is 10.3 Å². The van der Waals surface area contributed by atoms with Crippen LogP contribution >= 0.6 is 23.2 Å². The van der Waals surface area contributed by atoms with Gasteiger partial charge in [-0.3, -0.25) is 9.59 Å². The van der Waals surface area contributed by atoms with Gasteiger partial charge < -0.3 is 20.5 Å². The Morgan fingerprint density at radius 1 is 1.06 bits per heavy atom. The first-order valence-corrected chi connectivity index (χ1v) is 10.6. The fourth-order valence-corrected chi connectivity index (χ4v) is 3.10. The molecule has 9 heteroatoms. The third-order valence-corrected chi connectivity index (χ3v) is 5.32. The number of benzene rings is 2. The molecule has 0 saturated carbocycles. The first kappa shape index (κ1) is 23.5. The number of carboxylic acid groups (broad SMARTS) is 1. The van der Waals surface area contributed by atoms with Gasteiger partial charge in [0, 0.05) is 18.2 Å². The predicted molar refractivity (Wildman–Crippen MR) is 124 cm³/mol. The summed E-state index contributed by atoms with van der Waals surface area (Å²) in [7, 11) is 0. The Hall–Kier alpha value is -3.13. The highest BCUT2D eigenvalue weighted by atomic mass is 35.5. The van der Waals surface area contributed by atoms with E-state index in [0.29, 0.717) is 45.9 Å². The molecular weight excluding hydrogens is 453 g/mol. The normalized spacial score (nSPS) is 11.6. The Morgan fingerprint density at radius 2 is 1.81 bits per heavy atom. The van der Waals surface area contributed by atoms with Gasteiger partial charge in [-0.2, -0.15) is 0 Å². The number of pyridine rings is 1. The van der Waals surface area contributed by atoms with Crippen LogP contribution in [0.5, 0.6) is 11.6 Å². The molecule has 3 rings (SSSR count). The summed E-state index contributed by atoms with van der Waals surface area (Å²) in [6.07, 6.45) is 1.99. The molecule has 166 valence electrons. The van der Waals surface area contributed by atoms with E-state index in [4.69, 9.17) is 33.0 Å². The van der Waals surface area contributed by atoms with Gasteiger partial charge in [0.1, 0.15) is 11.8 Å². The second-order valence-electron chi connectivity index (χ2n) is 6.89. The van der Waals surface area contributed by atoms with Crippen molar-refractivity contribution in [2.75, 3.05) is 5.32 Å². The van der Waals surface area contributed by atoms with Crippen molar-refractivity contribution in [2.24, 2.45) is 0 Å². The van der Waals surface area contributed by atoms with Crippen LogP contribution in [-0.2, 0) is 11.3 Å². The highest BCUT2D eigenvalue weighted by molar-refractivity contribution is 6.42. The molecule has 1 amide bonds. The van der Waals surface area contributed by atoms with Crippen molar-refractivity contribution in [3.63, 3.8) is 0 Å². The summed E-state index contributed by atoms with van der Waals surface area (Å²) in [5, 5.41) is 15.5. The molecule has 3 N–H and O–H groups in total. The molecule has 1 aromatic heterocycles. The topological polar surface area (TPSA) is 101 Å². The van der Waals surface area contributed by atoms with Crippen LogP contribution in [0.25, 0.3) is 0 Å². The number of anilines is 1. The van der Waals surface area contributed by atoms with Crippen LogP contribution in [-0.4, -0.2) is 28.0 Å². The molecule has 32 heavy (non-hydrogen) atoms. The van der Waals surface area contributed by atoms with E-state index in [1.165, 1.54) is 12.3 Å². The van der Waals surface area contributed by atoms with Crippen LogP contribution in [0.4, 0.5) is 5.69 Å². The molecule has 0 spiro atoms. The molecule has 0 aliphatic rings. The number of aliphatic carboxylic acids is 1. The molecule has 0 fully saturated rings. The minimum absolute atomic E-state index is 0.301. The third kappa shape index (κ3) is 6.43. The van der Waals surface area contributed by atoms with E-state index in [1.54, 1.807) is 36.4 Å². The molecule has 0 radical (unpaired) electrons. The fourth-order valence-electron chi connectivity index (χ4n) is 2.80. The third-order valence-electron chi connectivity index (χ3n) is 4.58. The van der Waals surface area contributed by atoms with Crippen molar-refractivity contribution >= 4 is 40.8 Å². The van der Waals surface area contributed by atoms with Crippen LogP contribution in [0.2, 0.25) is 10.0 Å². The maximum absolute atomic E-state index is 12.3. The number of nitrogens with zero attached hydrogens (tertiary/aromatic N) is 1. The van der Waals surface area contributed by atoms with Crippen molar-refractivity contribution in [2.45, 2.75) is 25.9 Å². The predicted octanol–water partition coefficient (Wildman–Crippen LogP) is 5.39. The summed E-state index contributed by atoms with van der Waals surface area (Å²) in [5.41, 5.74) is 1.81. The van der Waals surface area contributed by atoms with Gasteiger partial charge in [0.2, 0.25) is 5.88 Å². The smallest absolute Gasteiger partial charge is 0.320 e. The van der Waals surface area contributed by atoms with E-state index in [1.807, 2.05) is 19.1 Å². The van der Waals surface area contributed by atoms with Gasteiger partial charge >= 0.3 is 5.97 Å². The summed E-state index contributed by atoms with van der Waals surface area (Å²) < 4.78 is 5.72. The maximum atomic E-state index is 12.3. The number of amides is 1. The summed E-state index contributed by atoms with van der Waals surface area (Å²) in [6, 6.07) is 14.6. The number of nitrogens with one attached hydrogen (secondary N) is 2. The molecule has 7 nitrogen and oxygen atoms in total. The highest BCUT2D eigenvalue weighted by Gasteiger charge is 2.13. The van der Waals surface area contributed by atoms with Crippen molar-refractivity contribution in [3.8, 4) is 11.6 Å². The molecular formula is C23H21Cl2N3O4. The summed E-state index contributed by atoms with van der Waals surface area (Å²) in [6.45, 7) is 2.26. The number of halogens is 2. The summed E-state index contributed by atoms with van der Waals surface area (Å²) in [5.74, 6) is -0.258. The SMILES string of the molecule is CCC(NCc1ccc(Oc2ccc(NC(=O)c3ccc(Cl)c(Cl)c3)cn2)cc1)C(=O)O. The average Bonchev–Trinajstić information content (AvgIpc) is 2.78. The van der Waals surface area contributed by atoms with Gasteiger partial charge in [0.15, 0.2) is 0 Å². The largest absolute Gasteiger partial charge is 0.480 e. The van der Waals surface area contributed by atoms with Gasteiger partial charge in [-0.15, -0.1) is 0 Å². The van der Waals surface area contributed by atoms with E-state index >= 15 is 0 Å². The molecule has 0 saturated heterocycles. The van der Waals surface area contributed by atoms with Gasteiger partial charge in [0.05, 0.1) is 21.9 Å². The number of hydrogen-bond donors (Lipinski definition) is 3. The van der Waals surface area contributed by atoms with E-state index in [2.05, 4.69) is 15.6 Å². The molecule has 0 aliphatic heterocycles. The maximum Gasteiger partial charge on any atom is 0.320 e. The van der Waals surface area contributed by atoms with Gasteiger partial charge in [-0.25, -0.2) is 4.98 Å². The van der Waals surface area contributed by atoms with Crippen molar-refractivity contribution in [3.05, 3.63) is 82.0 Å². The number of ether oxygens (including phenoxy) is 1. The van der Waals surface area contributed by atoms with Gasteiger partial charge in [-0.05, 0) is 48.4 Å². The Morgan fingerprint density at radius 3 is 2.41 bits per heavy atom. The van der Waals surface area contributed by atoms with Crippen LogP contribution in [0, 0.1) is 0 Å². The average molecular weight is 474 g/mol. The minimum atomic E-state index is -0.866. The molecule has 2 aromatic carbocycles. The Bertz CT molecular complexity index is 1090. The fraction of sp³-hybridized carbons (Fsp3) is 0.174. The van der Waals surface area contributed by atoms with Gasteiger partial charge in [-0.1, -0.05) is 42.3 Å². The van der Waals surface area contributed by atoms with Gasteiger partial charge in [0.25, 0.3) is 5.91 Å². The van der Waals surface area contributed by atoms with E-state index < -0.39 is 12.0 Å². The summed E-state index contributed by atoms with van der Waals surface area (Å²) in [4.78, 5) is 27.6. The van der Waals surface area contributed by atoms with Crippen LogP contribution in [0.3, 0.4) is 0 Å². The first-order chi connectivity index (χ1) is 15.4. The molecule has 0 aliphatic carbocycles. The van der Waals surface area contributed by atoms with Crippen LogP contribution < -0.4 is 15.4 Å².